The molecule has 0 bridgehead atoms. The Kier molecular flexibility index (Phi) is 10.00. The Bertz CT molecular complexity index is 938. The van der Waals surface area contributed by atoms with Crippen LogP contribution in [-0.2, 0) is 32.0 Å². The molecule has 0 radical (unpaired) electrons. The highest BCUT2D eigenvalue weighted by molar-refractivity contribution is 5.92. The van der Waals surface area contributed by atoms with Gasteiger partial charge in [-0.2, -0.15) is 0 Å². The van der Waals surface area contributed by atoms with Gasteiger partial charge in [-0.15, -0.1) is 0 Å². The largest absolute Gasteiger partial charge is 0.480 e. The lowest BCUT2D eigenvalue weighted by Gasteiger charge is -2.21. The molecule has 0 aliphatic heterocycles. The lowest BCUT2D eigenvalue weighted by molar-refractivity contribution is -0.142. The number of nitrogens with one attached hydrogen (secondary N) is 3. The molecule has 2 aromatic rings. The Morgan fingerprint density at radius 3 is 1.85 bits per heavy atom. The summed E-state index contributed by atoms with van der Waals surface area (Å²) in [6.07, 6.45) is 0.443. The summed E-state index contributed by atoms with van der Waals surface area (Å²) in [4.78, 5) is 48.2. The van der Waals surface area contributed by atoms with Crippen LogP contribution >= 0.6 is 0 Å². The summed E-state index contributed by atoms with van der Waals surface area (Å²) in [7, 11) is 0. The summed E-state index contributed by atoms with van der Waals surface area (Å²) in [6.45, 7) is -1.32. The van der Waals surface area contributed by atoms with Gasteiger partial charge in [0.1, 0.15) is 12.1 Å². The Morgan fingerprint density at radius 1 is 0.788 bits per heavy atom. The van der Waals surface area contributed by atoms with E-state index in [1.165, 1.54) is 0 Å². The number of hydrogen-bond donors (Lipinski definition) is 6. The number of hydrogen-bond acceptors (Lipinski definition) is 6. The summed E-state index contributed by atoms with van der Waals surface area (Å²) in [6, 6.07) is 14.8. The molecule has 0 unspecified atom stereocenters. The van der Waals surface area contributed by atoms with Crippen molar-refractivity contribution < 1.29 is 29.4 Å². The van der Waals surface area contributed by atoms with E-state index in [0.717, 1.165) is 11.1 Å². The summed E-state index contributed by atoms with van der Waals surface area (Å²) < 4.78 is 0. The molecule has 0 saturated heterocycles. The van der Waals surface area contributed by atoms with E-state index in [-0.39, 0.29) is 12.8 Å². The van der Waals surface area contributed by atoms with Crippen LogP contribution in [0.3, 0.4) is 0 Å². The molecule has 2 aromatic carbocycles. The van der Waals surface area contributed by atoms with E-state index in [9.17, 15) is 19.2 Å². The minimum absolute atomic E-state index is 0.159. The molecular formula is C23H28N4O6. The molecular weight excluding hydrogens is 428 g/mol. The van der Waals surface area contributed by atoms with E-state index in [2.05, 4.69) is 16.0 Å². The van der Waals surface area contributed by atoms with Crippen LogP contribution in [0.5, 0.6) is 0 Å². The zero-order chi connectivity index (χ0) is 24.2. The number of carbonyl (C=O) groups is 4. The molecule has 176 valence electrons. The van der Waals surface area contributed by atoms with Crippen LogP contribution in [-0.4, -0.2) is 65.2 Å². The molecule has 0 spiro atoms. The van der Waals surface area contributed by atoms with E-state index < -0.39 is 55.0 Å². The number of aliphatic hydroxyl groups is 1. The fourth-order valence-electron chi connectivity index (χ4n) is 3.02. The predicted octanol–water partition coefficient (Wildman–Crippen LogP) is -1.04. The highest BCUT2D eigenvalue weighted by Gasteiger charge is 2.25. The second kappa shape index (κ2) is 12.9. The van der Waals surface area contributed by atoms with Gasteiger partial charge in [-0.3, -0.25) is 14.4 Å². The smallest absolute Gasteiger partial charge is 0.328 e. The first-order chi connectivity index (χ1) is 15.8. The highest BCUT2D eigenvalue weighted by Crippen LogP contribution is 2.06. The fourth-order valence-corrected chi connectivity index (χ4v) is 3.02. The van der Waals surface area contributed by atoms with Gasteiger partial charge in [-0.25, -0.2) is 4.79 Å². The molecule has 0 heterocycles. The van der Waals surface area contributed by atoms with E-state index in [1.54, 1.807) is 24.3 Å². The predicted molar refractivity (Wildman–Crippen MR) is 120 cm³/mol. The monoisotopic (exact) mass is 456 g/mol. The topological polar surface area (TPSA) is 171 Å². The molecule has 3 atom stereocenters. The third kappa shape index (κ3) is 8.71. The molecule has 33 heavy (non-hydrogen) atoms. The molecule has 0 aliphatic carbocycles. The molecule has 10 nitrogen and oxygen atoms in total. The zero-order valence-electron chi connectivity index (χ0n) is 17.9. The molecule has 3 amide bonds. The van der Waals surface area contributed by atoms with Crippen molar-refractivity contribution in [2.45, 2.75) is 31.0 Å². The minimum atomic E-state index is -1.48. The third-order valence-electron chi connectivity index (χ3n) is 4.79. The van der Waals surface area contributed by atoms with Crippen molar-refractivity contribution >= 4 is 23.7 Å². The number of aliphatic carboxylic acids is 1. The van der Waals surface area contributed by atoms with Crippen molar-refractivity contribution in [2.24, 2.45) is 5.73 Å². The zero-order valence-corrected chi connectivity index (χ0v) is 17.9. The summed E-state index contributed by atoms with van der Waals surface area (Å²) in [5.41, 5.74) is 7.68. The standard InChI is InChI=1S/C23H28N4O6/c24-17(11-15-7-3-1-4-8-15)21(30)27-18(12-16-9-5-2-6-10-16)22(31)25-13-20(29)26-19(14-28)23(32)33/h1-10,17-19,28H,11-14,24H2,(H,25,31)(H,26,29)(H,27,30)(H,32,33)/t17-,18-,19-/m1/s1. The number of carboxylic acid groups (broad SMARTS) is 1. The van der Waals surface area contributed by atoms with E-state index >= 15 is 0 Å². The fraction of sp³-hybridized carbons (Fsp3) is 0.304. The summed E-state index contributed by atoms with van der Waals surface area (Å²) >= 11 is 0. The van der Waals surface area contributed by atoms with Gasteiger partial charge in [-0.05, 0) is 17.5 Å². The van der Waals surface area contributed by atoms with Crippen LogP contribution in [0.25, 0.3) is 0 Å². The number of benzene rings is 2. The SMILES string of the molecule is N[C@H](Cc1ccccc1)C(=O)N[C@H](Cc1ccccc1)C(=O)NCC(=O)N[C@H](CO)C(=O)O. The Morgan fingerprint density at radius 2 is 1.33 bits per heavy atom. The first-order valence-corrected chi connectivity index (χ1v) is 10.3. The minimum Gasteiger partial charge on any atom is -0.480 e. The number of carbonyl (C=O) groups excluding carboxylic acids is 3. The molecule has 0 fully saturated rings. The van der Waals surface area contributed by atoms with E-state index in [1.807, 2.05) is 36.4 Å². The lowest BCUT2D eigenvalue weighted by Crippen LogP contribution is -2.54. The first kappa shape index (κ1) is 25.5. The molecule has 0 aliphatic rings. The Hall–Kier alpha value is -3.76. The van der Waals surface area contributed by atoms with Gasteiger partial charge < -0.3 is 31.9 Å². The average molecular weight is 456 g/mol. The van der Waals surface area contributed by atoms with Crippen molar-refractivity contribution in [3.8, 4) is 0 Å². The maximum Gasteiger partial charge on any atom is 0.328 e. The number of amides is 3. The maximum absolute atomic E-state index is 12.7. The van der Waals surface area contributed by atoms with Crippen molar-refractivity contribution in [1.29, 1.82) is 0 Å². The van der Waals surface area contributed by atoms with Crippen LogP contribution in [0.15, 0.2) is 60.7 Å². The summed E-state index contributed by atoms with van der Waals surface area (Å²) in [5, 5.41) is 25.0. The lowest BCUT2D eigenvalue weighted by atomic mass is 10.0. The van der Waals surface area contributed by atoms with Gasteiger partial charge in [0.25, 0.3) is 0 Å². The number of carboxylic acids is 1. The van der Waals surface area contributed by atoms with Gasteiger partial charge >= 0.3 is 5.97 Å². The molecule has 0 saturated carbocycles. The third-order valence-corrected chi connectivity index (χ3v) is 4.79. The molecule has 0 aromatic heterocycles. The normalized spacial score (nSPS) is 13.3. The Labute approximate surface area is 191 Å². The van der Waals surface area contributed by atoms with Crippen LogP contribution in [0.1, 0.15) is 11.1 Å². The van der Waals surface area contributed by atoms with Crippen LogP contribution in [0.4, 0.5) is 0 Å². The van der Waals surface area contributed by atoms with Gasteiger partial charge in [0.05, 0.1) is 19.2 Å². The quantitative estimate of drug-likeness (QED) is 0.237. The van der Waals surface area contributed by atoms with E-state index in [0.29, 0.717) is 0 Å². The van der Waals surface area contributed by atoms with Crippen molar-refractivity contribution in [3.05, 3.63) is 71.8 Å². The van der Waals surface area contributed by atoms with Gasteiger partial charge in [-0.1, -0.05) is 60.7 Å². The van der Waals surface area contributed by atoms with Crippen LogP contribution < -0.4 is 21.7 Å². The van der Waals surface area contributed by atoms with Gasteiger partial charge in [0.15, 0.2) is 0 Å². The second-order valence-electron chi connectivity index (χ2n) is 7.41. The van der Waals surface area contributed by atoms with Gasteiger partial charge in [0.2, 0.25) is 17.7 Å². The highest BCUT2D eigenvalue weighted by atomic mass is 16.4. The first-order valence-electron chi connectivity index (χ1n) is 10.3. The second-order valence-corrected chi connectivity index (χ2v) is 7.41. The van der Waals surface area contributed by atoms with Crippen LogP contribution in [0, 0.1) is 0 Å². The maximum atomic E-state index is 12.7. The van der Waals surface area contributed by atoms with Crippen molar-refractivity contribution in [2.75, 3.05) is 13.2 Å². The van der Waals surface area contributed by atoms with Gasteiger partial charge in [0, 0.05) is 6.42 Å². The van der Waals surface area contributed by atoms with Crippen molar-refractivity contribution in [1.82, 2.24) is 16.0 Å². The number of nitrogens with two attached hydrogens (primary N) is 1. The molecule has 7 N–H and O–H groups in total. The number of rotatable bonds is 12. The van der Waals surface area contributed by atoms with Crippen molar-refractivity contribution in [3.63, 3.8) is 0 Å². The van der Waals surface area contributed by atoms with Crippen LogP contribution in [0.2, 0.25) is 0 Å². The van der Waals surface area contributed by atoms with E-state index in [4.69, 9.17) is 15.9 Å². The molecule has 10 heteroatoms. The summed E-state index contributed by atoms with van der Waals surface area (Å²) in [5.74, 6) is -3.36. The Balaban J connectivity index is 2.01. The number of aliphatic hydroxyl groups excluding tert-OH is 1. The molecule has 2 rings (SSSR count). The average Bonchev–Trinajstić information content (AvgIpc) is 2.81.